The van der Waals surface area contributed by atoms with Crippen LogP contribution in [0.3, 0.4) is 0 Å². The van der Waals surface area contributed by atoms with Crippen LogP contribution in [-0.2, 0) is 14.4 Å². The Morgan fingerprint density at radius 3 is 2.41 bits per heavy atom. The molecule has 0 atom stereocenters. The molecule has 5 amide bonds. The number of carbonyl (C=O) groups is 4. The van der Waals surface area contributed by atoms with Crippen molar-refractivity contribution in [2.45, 2.75) is 20.8 Å². The highest BCUT2D eigenvalue weighted by molar-refractivity contribution is 9.11. The van der Waals surface area contributed by atoms with E-state index in [4.69, 9.17) is 16.3 Å². The number of hydrogen-bond acceptors (Lipinski definition) is 5. The second kappa shape index (κ2) is 11.7. The fourth-order valence-corrected chi connectivity index (χ4v) is 5.58. The van der Waals surface area contributed by atoms with E-state index in [0.717, 1.165) is 16.0 Å². The molecule has 0 bridgehead atoms. The summed E-state index contributed by atoms with van der Waals surface area (Å²) in [5.74, 6) is -1.59. The number of rotatable bonds is 6. The van der Waals surface area contributed by atoms with E-state index in [0.29, 0.717) is 36.5 Å². The normalized spacial score (nSPS) is 14.5. The number of halogens is 3. The van der Waals surface area contributed by atoms with Gasteiger partial charge in [-0.2, -0.15) is 0 Å². The van der Waals surface area contributed by atoms with Crippen molar-refractivity contribution in [3.63, 3.8) is 0 Å². The Labute approximate surface area is 246 Å². The summed E-state index contributed by atoms with van der Waals surface area (Å²) in [6, 6.07) is 12.9. The predicted molar refractivity (Wildman–Crippen MR) is 157 cm³/mol. The third kappa shape index (κ3) is 6.24. The number of barbiturate groups is 1. The van der Waals surface area contributed by atoms with Gasteiger partial charge in [-0.05, 0) is 106 Å². The number of hydrogen-bond donors (Lipinski definition) is 2. The number of imide groups is 2. The van der Waals surface area contributed by atoms with Crippen molar-refractivity contribution in [1.29, 1.82) is 0 Å². The number of nitrogens with zero attached hydrogens (tertiary/aromatic N) is 1. The number of benzene rings is 3. The molecule has 0 spiro atoms. The minimum Gasteiger partial charge on any atom is -0.481 e. The molecule has 11 heteroatoms. The van der Waals surface area contributed by atoms with E-state index in [1.54, 1.807) is 37.3 Å². The first-order chi connectivity index (χ1) is 18.5. The molecule has 200 valence electrons. The van der Waals surface area contributed by atoms with Crippen molar-refractivity contribution in [2.24, 2.45) is 0 Å². The second-order valence-electron chi connectivity index (χ2n) is 8.81. The Bertz CT molecular complexity index is 1550. The maximum absolute atomic E-state index is 13.3. The monoisotopic (exact) mass is 673 g/mol. The molecule has 1 heterocycles. The molecule has 0 saturated carbocycles. The number of aryl methyl sites for hydroxylation is 2. The van der Waals surface area contributed by atoms with Crippen molar-refractivity contribution in [3.8, 4) is 5.75 Å². The molecular formula is C28H22Br2ClN3O5. The lowest BCUT2D eigenvalue weighted by molar-refractivity contribution is -0.122. The third-order valence-electron chi connectivity index (χ3n) is 5.92. The van der Waals surface area contributed by atoms with Crippen LogP contribution in [0.15, 0.2) is 63.0 Å². The molecule has 8 nitrogen and oxygen atoms in total. The summed E-state index contributed by atoms with van der Waals surface area (Å²) < 4.78 is 6.68. The first kappa shape index (κ1) is 28.5. The molecule has 4 rings (SSSR count). The lowest BCUT2D eigenvalue weighted by Crippen LogP contribution is -2.54. The lowest BCUT2D eigenvalue weighted by atomic mass is 10.1. The summed E-state index contributed by atoms with van der Waals surface area (Å²) in [5, 5.41) is 5.40. The zero-order valence-electron chi connectivity index (χ0n) is 21.0. The predicted octanol–water partition coefficient (Wildman–Crippen LogP) is 6.47. The molecule has 0 unspecified atom stereocenters. The van der Waals surface area contributed by atoms with Crippen LogP contribution in [0.1, 0.15) is 22.3 Å². The van der Waals surface area contributed by atoms with Crippen LogP contribution < -0.4 is 20.3 Å². The highest BCUT2D eigenvalue weighted by Crippen LogP contribution is 2.36. The van der Waals surface area contributed by atoms with Crippen LogP contribution in [0.25, 0.3) is 6.08 Å². The molecule has 1 saturated heterocycles. The molecule has 0 aliphatic carbocycles. The Hall–Kier alpha value is -3.47. The van der Waals surface area contributed by atoms with Gasteiger partial charge in [0.2, 0.25) is 0 Å². The highest BCUT2D eigenvalue weighted by atomic mass is 79.9. The average Bonchev–Trinajstić information content (AvgIpc) is 2.85. The minimum absolute atomic E-state index is 0.241. The Kier molecular flexibility index (Phi) is 8.58. The Balaban J connectivity index is 1.54. The molecule has 39 heavy (non-hydrogen) atoms. The summed E-state index contributed by atoms with van der Waals surface area (Å²) in [6.45, 7) is 5.31. The van der Waals surface area contributed by atoms with Gasteiger partial charge in [-0.15, -0.1) is 0 Å². The fourth-order valence-electron chi connectivity index (χ4n) is 3.96. The van der Waals surface area contributed by atoms with Gasteiger partial charge in [-0.3, -0.25) is 19.7 Å². The smallest absolute Gasteiger partial charge is 0.335 e. The first-order valence-corrected chi connectivity index (χ1v) is 13.6. The second-order valence-corrected chi connectivity index (χ2v) is 10.9. The molecule has 1 aliphatic rings. The van der Waals surface area contributed by atoms with Crippen LogP contribution in [0.2, 0.25) is 5.02 Å². The summed E-state index contributed by atoms with van der Waals surface area (Å²) >= 11 is 13.0. The number of ether oxygens (including phenoxy) is 1. The molecule has 1 aliphatic heterocycles. The van der Waals surface area contributed by atoms with Gasteiger partial charge in [0.25, 0.3) is 17.7 Å². The van der Waals surface area contributed by atoms with E-state index in [9.17, 15) is 19.2 Å². The minimum atomic E-state index is -0.863. The molecular weight excluding hydrogens is 654 g/mol. The maximum atomic E-state index is 13.3. The Morgan fingerprint density at radius 2 is 1.74 bits per heavy atom. The first-order valence-electron chi connectivity index (χ1n) is 11.6. The maximum Gasteiger partial charge on any atom is 0.335 e. The van der Waals surface area contributed by atoms with Gasteiger partial charge in [-0.1, -0.05) is 35.4 Å². The van der Waals surface area contributed by atoms with Crippen molar-refractivity contribution >= 4 is 84.7 Å². The molecule has 3 aromatic carbocycles. The lowest BCUT2D eigenvalue weighted by Gasteiger charge is -2.27. The molecule has 1 fully saturated rings. The van der Waals surface area contributed by atoms with Gasteiger partial charge in [0.1, 0.15) is 11.3 Å². The number of carbonyl (C=O) groups excluding carboxylic acids is 4. The molecule has 2 N–H and O–H groups in total. The number of urea groups is 1. The van der Waals surface area contributed by atoms with E-state index in [-0.39, 0.29) is 23.8 Å². The number of amides is 5. The summed E-state index contributed by atoms with van der Waals surface area (Å²) in [6.07, 6.45) is 1.36. The summed E-state index contributed by atoms with van der Waals surface area (Å²) in [7, 11) is 0. The van der Waals surface area contributed by atoms with Crippen LogP contribution >= 0.6 is 43.5 Å². The fraction of sp³-hybridized carbons (Fsp3) is 0.143. The van der Waals surface area contributed by atoms with Gasteiger partial charge in [0, 0.05) is 10.7 Å². The number of anilines is 2. The van der Waals surface area contributed by atoms with Gasteiger partial charge < -0.3 is 10.1 Å². The van der Waals surface area contributed by atoms with Gasteiger partial charge in [-0.25, -0.2) is 9.69 Å². The van der Waals surface area contributed by atoms with Crippen LogP contribution in [0.5, 0.6) is 5.75 Å². The van der Waals surface area contributed by atoms with E-state index in [2.05, 4.69) is 42.5 Å². The van der Waals surface area contributed by atoms with Crippen LogP contribution in [0.4, 0.5) is 16.2 Å². The summed E-state index contributed by atoms with van der Waals surface area (Å²) in [4.78, 5) is 51.7. The molecule has 0 aromatic heterocycles. The largest absolute Gasteiger partial charge is 0.481 e. The van der Waals surface area contributed by atoms with Crippen LogP contribution in [-0.4, -0.2) is 30.4 Å². The molecule has 0 radical (unpaired) electrons. The third-order valence-corrected chi connectivity index (χ3v) is 7.50. The SMILES string of the molecule is Cc1ccc(NC(=O)COc2c(Br)cc(/C=C3/C(=O)NC(=O)N(c4cccc(Cl)c4C)C3=O)cc2Br)c(C)c1. The summed E-state index contributed by atoms with van der Waals surface area (Å²) in [5.41, 5.74) is 3.75. The van der Waals surface area contributed by atoms with Gasteiger partial charge >= 0.3 is 6.03 Å². The van der Waals surface area contributed by atoms with Crippen molar-refractivity contribution < 1.29 is 23.9 Å². The van der Waals surface area contributed by atoms with E-state index in [1.165, 1.54) is 6.08 Å². The van der Waals surface area contributed by atoms with Crippen LogP contribution in [0, 0.1) is 20.8 Å². The van der Waals surface area contributed by atoms with E-state index < -0.39 is 17.8 Å². The molecule has 3 aromatic rings. The Morgan fingerprint density at radius 1 is 1.05 bits per heavy atom. The van der Waals surface area contributed by atoms with Crippen molar-refractivity contribution in [2.75, 3.05) is 16.8 Å². The van der Waals surface area contributed by atoms with Gasteiger partial charge in [0.15, 0.2) is 6.61 Å². The highest BCUT2D eigenvalue weighted by Gasteiger charge is 2.37. The quantitative estimate of drug-likeness (QED) is 0.230. The zero-order chi connectivity index (χ0) is 28.4. The van der Waals surface area contributed by atoms with E-state index in [1.807, 2.05) is 32.0 Å². The standard InChI is InChI=1S/C28H22Br2ClN3O5/c1-14-7-8-22(15(2)9-14)32-24(35)13-39-25-19(29)11-17(12-20(25)30)10-18-26(36)33-28(38)34(27(18)37)23-6-4-5-21(31)16(23)3/h4-12H,13H2,1-3H3,(H,32,35)(H,33,36,38)/b18-10-. The van der Waals surface area contributed by atoms with Crippen molar-refractivity contribution in [3.05, 3.63) is 90.3 Å². The van der Waals surface area contributed by atoms with Gasteiger partial charge in [0.05, 0.1) is 14.6 Å². The number of nitrogens with one attached hydrogen (secondary N) is 2. The average molecular weight is 676 g/mol. The topological polar surface area (TPSA) is 105 Å². The zero-order valence-corrected chi connectivity index (χ0v) is 25.0. The van der Waals surface area contributed by atoms with E-state index >= 15 is 0 Å². The van der Waals surface area contributed by atoms with Crippen molar-refractivity contribution in [1.82, 2.24) is 5.32 Å².